The molecule has 166 valence electrons. The minimum atomic E-state index is -0.634. The monoisotopic (exact) mass is 525 g/mol. The first-order chi connectivity index (χ1) is 15.9. The summed E-state index contributed by atoms with van der Waals surface area (Å²) in [5.74, 6) is -0.701. The van der Waals surface area contributed by atoms with Crippen LogP contribution in [0, 0.1) is 11.3 Å². The van der Waals surface area contributed by atoms with E-state index in [1.54, 1.807) is 42.5 Å². The Morgan fingerprint density at radius 1 is 1.09 bits per heavy atom. The molecule has 9 heteroatoms. The molecule has 3 rings (SSSR count). The topological polar surface area (TPSA) is 111 Å². The fourth-order valence-corrected chi connectivity index (χ4v) is 3.26. The lowest BCUT2D eigenvalue weighted by atomic mass is 10.1. The molecule has 33 heavy (non-hydrogen) atoms. The molecule has 0 atom stereocenters. The largest absolute Gasteiger partial charge is 0.508 e. The number of hydrogen-bond donors (Lipinski definition) is 3. The molecule has 2 amide bonds. The molecule has 0 saturated heterocycles. The number of hydrogen-bond acceptors (Lipinski definition) is 5. The van der Waals surface area contributed by atoms with Crippen LogP contribution in [0.3, 0.4) is 0 Å². The molecule has 3 aromatic rings. The van der Waals surface area contributed by atoms with E-state index in [0.717, 1.165) is 0 Å². The summed E-state index contributed by atoms with van der Waals surface area (Å²) in [6, 6.07) is 19.5. The van der Waals surface area contributed by atoms with Crippen molar-refractivity contribution in [3.05, 3.63) is 87.4 Å². The highest BCUT2D eigenvalue weighted by Crippen LogP contribution is 2.26. The van der Waals surface area contributed by atoms with Crippen molar-refractivity contribution in [2.24, 2.45) is 0 Å². The molecular formula is C24H17BrClN3O4. The number of ether oxygens (including phenoxy) is 1. The highest BCUT2D eigenvalue weighted by molar-refractivity contribution is 9.10. The number of nitriles is 1. The Kier molecular flexibility index (Phi) is 8.08. The number of nitrogens with one attached hydrogen (secondary N) is 2. The first kappa shape index (κ1) is 23.9. The Bertz CT molecular complexity index is 1250. The Morgan fingerprint density at radius 3 is 2.52 bits per heavy atom. The Morgan fingerprint density at radius 2 is 1.82 bits per heavy atom. The summed E-state index contributed by atoms with van der Waals surface area (Å²) >= 11 is 9.40. The van der Waals surface area contributed by atoms with Crippen LogP contribution in [-0.4, -0.2) is 23.5 Å². The number of anilines is 2. The quantitative estimate of drug-likeness (QED) is 0.218. The van der Waals surface area contributed by atoms with E-state index in [4.69, 9.17) is 16.3 Å². The number of aromatic hydroxyl groups is 1. The third-order valence-corrected chi connectivity index (χ3v) is 5.09. The van der Waals surface area contributed by atoms with Gasteiger partial charge in [-0.25, -0.2) is 0 Å². The van der Waals surface area contributed by atoms with Gasteiger partial charge in [0.25, 0.3) is 11.8 Å². The SMILES string of the molecule is N#C/C(=C\c1cc(Br)ccc1OCC(=O)Nc1ccccc1Cl)C(=O)Nc1ccc(O)cc1. The van der Waals surface area contributed by atoms with Crippen molar-refractivity contribution in [3.8, 4) is 17.6 Å². The van der Waals surface area contributed by atoms with Gasteiger partial charge in [0.2, 0.25) is 0 Å². The number of para-hydroxylation sites is 1. The standard InChI is InChI=1S/C24H17BrClN3O4/c25-17-5-10-22(33-14-23(31)29-21-4-2-1-3-20(21)26)15(12-17)11-16(13-27)24(32)28-18-6-8-19(30)9-7-18/h1-12,30H,14H2,(H,28,32)(H,29,31)/b16-11+. The van der Waals surface area contributed by atoms with E-state index in [2.05, 4.69) is 26.6 Å². The number of carbonyl (C=O) groups is 2. The average molecular weight is 527 g/mol. The van der Waals surface area contributed by atoms with Gasteiger partial charge in [-0.2, -0.15) is 5.26 Å². The van der Waals surface area contributed by atoms with Crippen LogP contribution < -0.4 is 15.4 Å². The predicted molar refractivity (Wildman–Crippen MR) is 130 cm³/mol. The van der Waals surface area contributed by atoms with E-state index in [1.807, 2.05) is 6.07 Å². The summed E-state index contributed by atoms with van der Waals surface area (Å²) in [4.78, 5) is 24.8. The molecule has 0 heterocycles. The minimum Gasteiger partial charge on any atom is -0.508 e. The molecule has 0 fully saturated rings. The second kappa shape index (κ2) is 11.2. The van der Waals surface area contributed by atoms with Gasteiger partial charge in [-0.3, -0.25) is 9.59 Å². The molecule has 0 aromatic heterocycles. The maximum Gasteiger partial charge on any atom is 0.266 e. The number of amides is 2. The first-order valence-corrected chi connectivity index (χ1v) is 10.7. The van der Waals surface area contributed by atoms with Gasteiger partial charge >= 0.3 is 0 Å². The number of halogens is 2. The summed E-state index contributed by atoms with van der Waals surface area (Å²) < 4.78 is 6.33. The van der Waals surface area contributed by atoms with Gasteiger partial charge in [-0.05, 0) is 60.7 Å². The van der Waals surface area contributed by atoms with Crippen LogP contribution in [0.1, 0.15) is 5.56 Å². The van der Waals surface area contributed by atoms with E-state index < -0.39 is 11.8 Å². The summed E-state index contributed by atoms with van der Waals surface area (Å²) in [6.45, 7) is -0.310. The average Bonchev–Trinajstić information content (AvgIpc) is 2.79. The van der Waals surface area contributed by atoms with Crippen molar-refractivity contribution >= 4 is 56.8 Å². The van der Waals surface area contributed by atoms with Crippen molar-refractivity contribution in [2.45, 2.75) is 0 Å². The van der Waals surface area contributed by atoms with Gasteiger partial charge in [-0.1, -0.05) is 39.7 Å². The number of phenolic OH excluding ortho intramolecular Hbond substituents is 1. The maximum absolute atomic E-state index is 12.5. The number of carbonyl (C=O) groups excluding carboxylic acids is 2. The van der Waals surface area contributed by atoms with Crippen LogP contribution in [0.5, 0.6) is 11.5 Å². The van der Waals surface area contributed by atoms with Crippen molar-refractivity contribution in [3.63, 3.8) is 0 Å². The van der Waals surface area contributed by atoms with E-state index in [1.165, 1.54) is 30.3 Å². The minimum absolute atomic E-state index is 0.0542. The van der Waals surface area contributed by atoms with Crippen molar-refractivity contribution in [1.82, 2.24) is 0 Å². The fraction of sp³-hybridized carbons (Fsp3) is 0.0417. The Balaban J connectivity index is 1.75. The molecule has 0 aliphatic heterocycles. The lowest BCUT2D eigenvalue weighted by Crippen LogP contribution is -2.20. The van der Waals surface area contributed by atoms with Crippen LogP contribution in [0.4, 0.5) is 11.4 Å². The van der Waals surface area contributed by atoms with Gasteiger partial charge < -0.3 is 20.5 Å². The molecular weight excluding hydrogens is 510 g/mol. The number of nitrogens with zero attached hydrogens (tertiary/aromatic N) is 1. The number of phenols is 1. The van der Waals surface area contributed by atoms with Crippen molar-refractivity contribution in [2.75, 3.05) is 17.2 Å². The molecule has 3 aromatic carbocycles. The molecule has 0 spiro atoms. The lowest BCUT2D eigenvalue weighted by molar-refractivity contribution is -0.118. The van der Waals surface area contributed by atoms with Crippen LogP contribution in [0.25, 0.3) is 6.08 Å². The normalized spacial score (nSPS) is 10.8. The van der Waals surface area contributed by atoms with E-state index in [9.17, 15) is 20.0 Å². The van der Waals surface area contributed by atoms with Gasteiger partial charge in [0, 0.05) is 15.7 Å². The zero-order chi connectivity index (χ0) is 23.8. The van der Waals surface area contributed by atoms with Gasteiger partial charge in [-0.15, -0.1) is 0 Å². The molecule has 7 nitrogen and oxygen atoms in total. The van der Waals surface area contributed by atoms with Gasteiger partial charge in [0.15, 0.2) is 6.61 Å². The third-order valence-electron chi connectivity index (χ3n) is 4.27. The molecule has 0 radical (unpaired) electrons. The van der Waals surface area contributed by atoms with Crippen molar-refractivity contribution < 1.29 is 19.4 Å². The molecule has 0 aliphatic carbocycles. The first-order valence-electron chi connectivity index (χ1n) is 9.54. The molecule has 3 N–H and O–H groups in total. The van der Waals surface area contributed by atoms with E-state index in [-0.39, 0.29) is 17.9 Å². The molecule has 0 unspecified atom stereocenters. The number of benzene rings is 3. The van der Waals surface area contributed by atoms with Crippen LogP contribution in [-0.2, 0) is 9.59 Å². The number of rotatable bonds is 7. The second-order valence-electron chi connectivity index (χ2n) is 6.67. The van der Waals surface area contributed by atoms with Gasteiger partial charge in [0.05, 0.1) is 10.7 Å². The fourth-order valence-electron chi connectivity index (χ4n) is 2.70. The molecule has 0 saturated carbocycles. The van der Waals surface area contributed by atoms with Crippen molar-refractivity contribution in [1.29, 1.82) is 5.26 Å². The summed E-state index contributed by atoms with van der Waals surface area (Å²) in [5, 5.41) is 24.5. The Hall–Kier alpha value is -3.80. The van der Waals surface area contributed by atoms with E-state index >= 15 is 0 Å². The predicted octanol–water partition coefficient (Wildman–Crippen LogP) is 5.37. The maximum atomic E-state index is 12.5. The van der Waals surface area contributed by atoms with Gasteiger partial charge in [0.1, 0.15) is 23.1 Å². The third kappa shape index (κ3) is 6.84. The lowest BCUT2D eigenvalue weighted by Gasteiger charge is -2.11. The van der Waals surface area contributed by atoms with E-state index in [0.29, 0.717) is 32.2 Å². The highest BCUT2D eigenvalue weighted by atomic mass is 79.9. The van der Waals surface area contributed by atoms with Crippen LogP contribution in [0.15, 0.2) is 76.8 Å². The van der Waals surface area contributed by atoms with Crippen LogP contribution >= 0.6 is 27.5 Å². The van der Waals surface area contributed by atoms with Crippen LogP contribution in [0.2, 0.25) is 5.02 Å². The summed E-state index contributed by atoms with van der Waals surface area (Å²) in [5.41, 5.74) is 1.13. The molecule has 0 bridgehead atoms. The summed E-state index contributed by atoms with van der Waals surface area (Å²) in [6.07, 6.45) is 1.36. The second-order valence-corrected chi connectivity index (χ2v) is 7.99. The smallest absolute Gasteiger partial charge is 0.266 e. The highest BCUT2D eigenvalue weighted by Gasteiger charge is 2.13. The Labute approximate surface area is 203 Å². The zero-order valence-corrected chi connectivity index (χ0v) is 19.4. The summed E-state index contributed by atoms with van der Waals surface area (Å²) in [7, 11) is 0. The molecule has 0 aliphatic rings. The zero-order valence-electron chi connectivity index (χ0n) is 17.0.